The van der Waals surface area contributed by atoms with Gasteiger partial charge in [0.2, 0.25) is 0 Å². The predicted octanol–water partition coefficient (Wildman–Crippen LogP) is 8.16. The number of hydrogen-bond donors (Lipinski definition) is 0. The Morgan fingerprint density at radius 1 is 0.852 bits per heavy atom. The number of ether oxygens (including phenoxy) is 1. The van der Waals surface area contributed by atoms with Gasteiger partial charge >= 0.3 is 0 Å². The average Bonchev–Trinajstić information content (AvgIpc) is 2.74. The van der Waals surface area contributed by atoms with Crippen molar-refractivity contribution in [1.29, 1.82) is 0 Å². The monoisotopic (exact) mass is 402 g/mol. The molecule has 0 aliphatic carbocycles. The number of hydrogen-bond acceptors (Lipinski definition) is 1. The Labute approximate surface area is 170 Å². The van der Waals surface area contributed by atoms with Crippen LogP contribution < -0.4 is 0 Å². The number of benzene rings is 1. The zero-order valence-corrected chi connectivity index (χ0v) is 20.7. The summed E-state index contributed by atoms with van der Waals surface area (Å²) >= 11 is 0. The highest BCUT2D eigenvalue weighted by Gasteiger charge is 2.46. The van der Waals surface area contributed by atoms with E-state index in [0.717, 1.165) is 10.7 Å². The fourth-order valence-corrected chi connectivity index (χ4v) is 20.4. The molecule has 0 saturated carbocycles. The van der Waals surface area contributed by atoms with Crippen LogP contribution in [0.3, 0.4) is 0 Å². The summed E-state index contributed by atoms with van der Waals surface area (Å²) < 4.78 is 6.00. The van der Waals surface area contributed by atoms with E-state index in [-0.39, 0.29) is 0 Å². The van der Waals surface area contributed by atoms with Gasteiger partial charge in [0.15, 0.2) is 0 Å². The van der Waals surface area contributed by atoms with Crippen molar-refractivity contribution in [2.75, 3.05) is 6.61 Å². The van der Waals surface area contributed by atoms with E-state index in [0.29, 0.717) is 6.61 Å². The van der Waals surface area contributed by atoms with Crippen LogP contribution in [0, 0.1) is 0 Å². The van der Waals surface area contributed by atoms with E-state index in [1.165, 1.54) is 41.8 Å². The lowest BCUT2D eigenvalue weighted by Crippen LogP contribution is -2.51. The summed E-state index contributed by atoms with van der Waals surface area (Å²) in [6.07, 6.45) is 4.54. The van der Waals surface area contributed by atoms with Crippen molar-refractivity contribution < 1.29 is 4.74 Å². The third kappa shape index (κ3) is 5.71. The molecule has 0 unspecified atom stereocenters. The zero-order chi connectivity index (χ0) is 20.3. The van der Waals surface area contributed by atoms with Crippen molar-refractivity contribution in [3.8, 4) is 0 Å². The topological polar surface area (TPSA) is 9.23 Å². The van der Waals surface area contributed by atoms with Gasteiger partial charge in [0.25, 0.3) is 0 Å². The quantitative estimate of drug-likeness (QED) is 0.239. The molecule has 0 amide bonds. The van der Waals surface area contributed by atoms with Crippen LogP contribution in [0.2, 0.25) is 41.4 Å². The summed E-state index contributed by atoms with van der Waals surface area (Å²) in [7, 11) is -2.63. The van der Waals surface area contributed by atoms with Crippen LogP contribution in [-0.2, 0) is 4.74 Å². The van der Waals surface area contributed by atoms with Crippen molar-refractivity contribution in [1.82, 2.24) is 0 Å². The molecule has 0 aliphatic heterocycles. The first-order chi connectivity index (χ1) is 13.0. The second-order valence-corrected chi connectivity index (χ2v) is 19.4. The number of allylic oxidation sites excluding steroid dienone is 1. The Kier molecular flexibility index (Phi) is 10.4. The standard InChI is InChI=1S/C24H42OSi2/c1-8-26(9-2,10-3)24(27(11-4,12-5)13-6)19-20-25-21-22(7)23-17-15-14-16-18-23/h14-20,24H,7-13,21H2,1-6H3/b20-19-. The lowest BCUT2D eigenvalue weighted by atomic mass is 10.1. The molecule has 1 nitrogen and oxygen atoms in total. The molecular formula is C24H42OSi2. The molecular weight excluding hydrogens is 360 g/mol. The Morgan fingerprint density at radius 3 is 1.70 bits per heavy atom. The minimum atomic E-state index is -1.31. The summed E-state index contributed by atoms with van der Waals surface area (Å²) in [5, 5.41) is 0.815. The molecule has 1 aromatic carbocycles. The van der Waals surface area contributed by atoms with Crippen molar-refractivity contribution in [2.24, 2.45) is 0 Å². The summed E-state index contributed by atoms with van der Waals surface area (Å²) in [5.74, 6) is 0. The number of rotatable bonds is 13. The minimum absolute atomic E-state index is 0.574. The van der Waals surface area contributed by atoms with Crippen molar-refractivity contribution in [2.45, 2.75) is 83.0 Å². The van der Waals surface area contributed by atoms with Crippen LogP contribution >= 0.6 is 0 Å². The highest BCUT2D eigenvalue weighted by atomic mass is 28.4. The Hall–Kier alpha value is -1.07. The van der Waals surface area contributed by atoms with Gasteiger partial charge in [-0.1, -0.05) is 121 Å². The molecule has 1 aromatic rings. The van der Waals surface area contributed by atoms with Gasteiger partial charge in [-0.05, 0) is 16.3 Å². The molecule has 0 aliphatic rings. The largest absolute Gasteiger partial charge is 0.497 e. The molecule has 27 heavy (non-hydrogen) atoms. The normalized spacial score (nSPS) is 12.7. The SMILES string of the molecule is C=C(CO/C=C\C([Si](CC)(CC)CC)[Si](CC)(CC)CC)c1ccccc1. The first kappa shape index (κ1) is 24.0. The van der Waals surface area contributed by atoms with E-state index in [1.54, 1.807) is 0 Å². The molecule has 0 bridgehead atoms. The summed E-state index contributed by atoms with van der Waals surface area (Å²) in [4.78, 5) is 0. The van der Waals surface area contributed by atoms with Gasteiger partial charge in [-0.2, -0.15) is 0 Å². The Morgan fingerprint density at radius 2 is 1.30 bits per heavy atom. The van der Waals surface area contributed by atoms with Crippen LogP contribution in [-0.4, -0.2) is 22.8 Å². The lowest BCUT2D eigenvalue weighted by Gasteiger charge is -2.46. The predicted molar refractivity (Wildman–Crippen MR) is 129 cm³/mol. The van der Waals surface area contributed by atoms with Gasteiger partial charge in [0.05, 0.1) is 22.4 Å². The molecule has 0 fully saturated rings. The van der Waals surface area contributed by atoms with Gasteiger partial charge in [0, 0.05) is 0 Å². The van der Waals surface area contributed by atoms with E-state index < -0.39 is 16.1 Å². The van der Waals surface area contributed by atoms with E-state index >= 15 is 0 Å². The van der Waals surface area contributed by atoms with Crippen LogP contribution in [0.5, 0.6) is 0 Å². The van der Waals surface area contributed by atoms with Crippen LogP contribution in [0.1, 0.15) is 47.1 Å². The van der Waals surface area contributed by atoms with Gasteiger partial charge in [-0.25, -0.2) is 0 Å². The van der Waals surface area contributed by atoms with Crippen molar-refractivity contribution in [3.63, 3.8) is 0 Å². The Balaban J connectivity index is 3.00. The smallest absolute Gasteiger partial charge is 0.112 e. The van der Waals surface area contributed by atoms with E-state index in [2.05, 4.69) is 78.5 Å². The fourth-order valence-electron chi connectivity index (χ4n) is 4.92. The zero-order valence-electron chi connectivity index (χ0n) is 18.7. The molecule has 0 heterocycles. The van der Waals surface area contributed by atoms with Crippen LogP contribution in [0.15, 0.2) is 49.2 Å². The highest BCUT2D eigenvalue weighted by Crippen LogP contribution is 2.46. The molecule has 3 heteroatoms. The maximum atomic E-state index is 6.00. The van der Waals surface area contributed by atoms with Crippen LogP contribution in [0.4, 0.5) is 0 Å². The third-order valence-electron chi connectivity index (χ3n) is 7.35. The summed E-state index contributed by atoms with van der Waals surface area (Å²) in [6.45, 7) is 19.4. The maximum Gasteiger partial charge on any atom is 0.112 e. The average molecular weight is 403 g/mol. The first-order valence-corrected chi connectivity index (χ1v) is 16.4. The Bertz CT molecular complexity index is 535. The molecule has 1 rings (SSSR count). The molecule has 0 N–H and O–H groups in total. The van der Waals surface area contributed by atoms with Gasteiger partial charge in [0.1, 0.15) is 6.61 Å². The first-order valence-electron chi connectivity index (χ1n) is 11.0. The highest BCUT2D eigenvalue weighted by molar-refractivity contribution is 7.00. The van der Waals surface area contributed by atoms with Gasteiger partial charge in [-0.3, -0.25) is 0 Å². The van der Waals surface area contributed by atoms with Gasteiger partial charge < -0.3 is 4.74 Å². The van der Waals surface area contributed by atoms with E-state index in [9.17, 15) is 0 Å². The molecule has 0 spiro atoms. The molecule has 0 atom stereocenters. The van der Waals surface area contributed by atoms with Crippen molar-refractivity contribution >= 4 is 21.7 Å². The maximum absolute atomic E-state index is 6.00. The minimum Gasteiger partial charge on any atom is -0.497 e. The second kappa shape index (κ2) is 11.7. The summed E-state index contributed by atoms with van der Waals surface area (Å²) in [6, 6.07) is 18.7. The van der Waals surface area contributed by atoms with E-state index in [4.69, 9.17) is 4.74 Å². The lowest BCUT2D eigenvalue weighted by molar-refractivity contribution is 0.295. The van der Waals surface area contributed by atoms with Crippen LogP contribution in [0.25, 0.3) is 5.57 Å². The molecule has 152 valence electrons. The second-order valence-electron chi connectivity index (χ2n) is 7.93. The molecule has 0 saturated heterocycles. The summed E-state index contributed by atoms with van der Waals surface area (Å²) in [5.41, 5.74) is 2.22. The van der Waals surface area contributed by atoms with Crippen molar-refractivity contribution in [3.05, 3.63) is 54.8 Å². The third-order valence-corrected chi connectivity index (χ3v) is 22.5. The molecule has 0 radical (unpaired) electrons. The fraction of sp³-hybridized carbons (Fsp3) is 0.583. The molecule has 0 aromatic heterocycles. The van der Waals surface area contributed by atoms with E-state index in [1.807, 2.05) is 12.3 Å². The van der Waals surface area contributed by atoms with Gasteiger partial charge in [-0.15, -0.1) is 0 Å².